The topological polar surface area (TPSA) is 85.2 Å². The molecule has 4 fully saturated rings. The molecule has 7 unspecified atom stereocenters. The van der Waals surface area contributed by atoms with E-state index in [4.69, 9.17) is 14.5 Å². The van der Waals surface area contributed by atoms with Gasteiger partial charge in [0.2, 0.25) is 5.79 Å². The molecule has 2 saturated heterocycles. The summed E-state index contributed by atoms with van der Waals surface area (Å²) < 4.78 is 5.39. The molecule has 2 aliphatic carbocycles. The summed E-state index contributed by atoms with van der Waals surface area (Å²) in [7, 11) is 0. The normalized spacial score (nSPS) is 59.1. The third-order valence-corrected chi connectivity index (χ3v) is 6.57. The first-order valence-corrected chi connectivity index (χ1v) is 7.79. The van der Waals surface area contributed by atoms with Crippen molar-refractivity contribution in [3.8, 4) is 0 Å². The van der Waals surface area contributed by atoms with Crippen molar-refractivity contribution in [1.82, 2.24) is 0 Å². The van der Waals surface area contributed by atoms with Crippen LogP contribution in [0.5, 0.6) is 0 Å². The third-order valence-electron chi connectivity index (χ3n) is 6.57. The second kappa shape index (κ2) is 3.98. The molecule has 0 amide bonds. The van der Waals surface area contributed by atoms with Crippen LogP contribution in [0.3, 0.4) is 0 Å². The Morgan fingerprint density at radius 3 is 2.76 bits per heavy atom. The van der Waals surface area contributed by atoms with Crippen LogP contribution in [0.4, 0.5) is 0 Å². The van der Waals surface area contributed by atoms with Crippen molar-refractivity contribution in [1.29, 1.82) is 0 Å². The van der Waals surface area contributed by atoms with E-state index in [2.05, 4.69) is 0 Å². The van der Waals surface area contributed by atoms with E-state index in [1.165, 1.54) is 0 Å². The van der Waals surface area contributed by atoms with Gasteiger partial charge < -0.3 is 14.9 Å². The lowest BCUT2D eigenvalue weighted by Crippen LogP contribution is -2.53. The lowest BCUT2D eigenvalue weighted by Gasteiger charge is -2.43. The molecule has 0 radical (unpaired) electrons. The van der Waals surface area contributed by atoms with Crippen molar-refractivity contribution < 1.29 is 29.5 Å². The number of aliphatic hydroxyl groups excluding tert-OH is 1. The minimum Gasteiger partial charge on any atom is -0.456 e. The van der Waals surface area contributed by atoms with Crippen molar-refractivity contribution in [3.05, 3.63) is 0 Å². The van der Waals surface area contributed by atoms with Crippen LogP contribution in [0.1, 0.15) is 46.0 Å². The van der Waals surface area contributed by atoms with Crippen LogP contribution in [0.15, 0.2) is 0 Å². The molecule has 2 aliphatic heterocycles. The van der Waals surface area contributed by atoms with Crippen molar-refractivity contribution in [2.24, 2.45) is 17.3 Å². The standard InChI is InChI=1S/C15H22O6/c1-8-9-3-5-13(2)10(16)4-6-14(13)7-15(18,21-20-14)11(9)19-12(8)17/h8-11,16,18H,3-7H2,1-2H3. The van der Waals surface area contributed by atoms with E-state index in [1.807, 2.05) is 13.8 Å². The number of hydrogen-bond acceptors (Lipinski definition) is 6. The zero-order chi connectivity index (χ0) is 15.0. The summed E-state index contributed by atoms with van der Waals surface area (Å²) in [6.45, 7) is 3.83. The fourth-order valence-electron chi connectivity index (χ4n) is 4.92. The molecule has 21 heavy (non-hydrogen) atoms. The minimum atomic E-state index is -1.60. The molecule has 2 bridgehead atoms. The van der Waals surface area contributed by atoms with Gasteiger partial charge >= 0.3 is 5.97 Å². The van der Waals surface area contributed by atoms with Crippen LogP contribution in [0.2, 0.25) is 0 Å². The van der Waals surface area contributed by atoms with E-state index < -0.39 is 29.0 Å². The highest BCUT2D eigenvalue weighted by atomic mass is 17.2. The van der Waals surface area contributed by atoms with Gasteiger partial charge in [-0.1, -0.05) is 13.8 Å². The van der Waals surface area contributed by atoms with E-state index >= 15 is 0 Å². The van der Waals surface area contributed by atoms with E-state index in [-0.39, 0.29) is 24.2 Å². The summed E-state index contributed by atoms with van der Waals surface area (Å²) in [6.07, 6.45) is 1.82. The van der Waals surface area contributed by atoms with E-state index in [0.29, 0.717) is 19.3 Å². The molecule has 2 saturated carbocycles. The minimum absolute atomic E-state index is 0.105. The van der Waals surface area contributed by atoms with Crippen LogP contribution in [-0.4, -0.2) is 39.8 Å². The van der Waals surface area contributed by atoms with E-state index in [0.717, 1.165) is 6.42 Å². The van der Waals surface area contributed by atoms with Gasteiger partial charge in [0, 0.05) is 17.8 Å². The maximum atomic E-state index is 11.9. The zero-order valence-corrected chi connectivity index (χ0v) is 12.4. The number of carbonyl (C=O) groups is 1. The Hall–Kier alpha value is -0.690. The van der Waals surface area contributed by atoms with Gasteiger partial charge in [-0.2, -0.15) is 4.89 Å². The first-order chi connectivity index (χ1) is 9.81. The Balaban J connectivity index is 1.77. The number of hydrogen-bond donors (Lipinski definition) is 2. The molecule has 0 aromatic carbocycles. The van der Waals surface area contributed by atoms with Crippen LogP contribution in [-0.2, 0) is 19.3 Å². The highest BCUT2D eigenvalue weighted by Crippen LogP contribution is 2.62. The summed E-state index contributed by atoms with van der Waals surface area (Å²) in [5.41, 5.74) is -1.15. The molecular weight excluding hydrogens is 276 g/mol. The number of ether oxygens (including phenoxy) is 1. The number of fused-ring (bicyclic) bond motifs is 3. The second-order valence-corrected chi connectivity index (χ2v) is 7.50. The summed E-state index contributed by atoms with van der Waals surface area (Å²) >= 11 is 0. The SMILES string of the molecule is CC1C(=O)OC2C1CCC1(C)C(O)CCC13CC2(O)OO3. The van der Waals surface area contributed by atoms with Crippen LogP contribution < -0.4 is 0 Å². The van der Waals surface area contributed by atoms with E-state index in [9.17, 15) is 15.0 Å². The molecule has 6 nitrogen and oxygen atoms in total. The molecule has 7 atom stereocenters. The molecule has 4 aliphatic rings. The largest absolute Gasteiger partial charge is 0.456 e. The number of rotatable bonds is 0. The molecular formula is C15H22O6. The van der Waals surface area contributed by atoms with Crippen molar-refractivity contribution >= 4 is 5.97 Å². The summed E-state index contributed by atoms with van der Waals surface area (Å²) in [4.78, 5) is 22.8. The van der Waals surface area contributed by atoms with Crippen LogP contribution in [0.25, 0.3) is 0 Å². The van der Waals surface area contributed by atoms with Crippen LogP contribution in [0, 0.1) is 17.3 Å². The monoisotopic (exact) mass is 298 g/mol. The zero-order valence-electron chi connectivity index (χ0n) is 12.4. The fourth-order valence-corrected chi connectivity index (χ4v) is 4.92. The lowest BCUT2D eigenvalue weighted by atomic mass is 9.64. The molecule has 2 N–H and O–H groups in total. The van der Waals surface area contributed by atoms with Crippen molar-refractivity contribution in [3.63, 3.8) is 0 Å². The maximum Gasteiger partial charge on any atom is 0.309 e. The van der Waals surface area contributed by atoms with Crippen molar-refractivity contribution in [2.75, 3.05) is 0 Å². The summed E-state index contributed by atoms with van der Waals surface area (Å²) in [5, 5.41) is 21.3. The smallest absolute Gasteiger partial charge is 0.309 e. The molecule has 1 spiro atoms. The molecule has 2 heterocycles. The predicted octanol–water partition coefficient (Wildman–Crippen LogP) is 0.898. The molecule has 0 aromatic rings. The average molecular weight is 298 g/mol. The van der Waals surface area contributed by atoms with E-state index in [1.54, 1.807) is 0 Å². The average Bonchev–Trinajstić information content (AvgIpc) is 3.02. The van der Waals surface area contributed by atoms with Gasteiger partial charge in [-0.15, -0.1) is 0 Å². The Morgan fingerprint density at radius 1 is 1.24 bits per heavy atom. The highest BCUT2D eigenvalue weighted by molar-refractivity contribution is 5.75. The number of carbonyl (C=O) groups excluding carboxylic acids is 1. The molecule has 118 valence electrons. The second-order valence-electron chi connectivity index (χ2n) is 7.50. The lowest BCUT2D eigenvalue weighted by molar-refractivity contribution is -0.416. The fraction of sp³-hybridized carbons (Fsp3) is 0.933. The Kier molecular flexibility index (Phi) is 2.64. The number of aliphatic hydroxyl groups is 2. The van der Waals surface area contributed by atoms with Crippen LogP contribution >= 0.6 is 0 Å². The summed E-state index contributed by atoms with van der Waals surface area (Å²) in [6, 6.07) is 0. The summed E-state index contributed by atoms with van der Waals surface area (Å²) in [5.74, 6) is -2.26. The van der Waals surface area contributed by atoms with Gasteiger partial charge in [-0.25, -0.2) is 4.89 Å². The van der Waals surface area contributed by atoms with Gasteiger partial charge in [-0.3, -0.25) is 4.79 Å². The molecule has 0 aromatic heterocycles. The maximum absolute atomic E-state index is 11.9. The number of esters is 1. The highest BCUT2D eigenvalue weighted by Gasteiger charge is 2.71. The van der Waals surface area contributed by atoms with Gasteiger partial charge in [0.05, 0.1) is 12.0 Å². The van der Waals surface area contributed by atoms with Gasteiger partial charge in [0.1, 0.15) is 5.60 Å². The first-order valence-electron chi connectivity index (χ1n) is 7.79. The first kappa shape index (κ1) is 13.9. The molecule has 6 heteroatoms. The Labute approximate surface area is 123 Å². The van der Waals surface area contributed by atoms with Crippen molar-refractivity contribution in [2.45, 2.75) is 69.5 Å². The van der Waals surface area contributed by atoms with Gasteiger partial charge in [0.25, 0.3) is 0 Å². The third kappa shape index (κ3) is 1.54. The predicted molar refractivity (Wildman–Crippen MR) is 69.6 cm³/mol. The van der Waals surface area contributed by atoms with Gasteiger partial charge in [0.15, 0.2) is 6.10 Å². The quantitative estimate of drug-likeness (QED) is 0.510. The Morgan fingerprint density at radius 2 is 2.00 bits per heavy atom. The molecule has 4 rings (SSSR count). The van der Waals surface area contributed by atoms with Gasteiger partial charge in [-0.05, 0) is 25.7 Å². The Bertz CT molecular complexity index is 495.